The summed E-state index contributed by atoms with van der Waals surface area (Å²) in [5, 5.41) is 8.86. The number of methoxy groups -OCH3 is 1. The Morgan fingerprint density at radius 1 is 1.25 bits per heavy atom. The van der Waals surface area contributed by atoms with Crippen LogP contribution in [0, 0.1) is 5.92 Å². The topological polar surface area (TPSA) is 38.7 Å². The zero-order chi connectivity index (χ0) is 9.56. The van der Waals surface area contributed by atoms with Crippen molar-refractivity contribution in [3.05, 3.63) is 0 Å². The van der Waals surface area contributed by atoms with E-state index in [0.717, 1.165) is 0 Å². The van der Waals surface area contributed by atoms with E-state index in [4.69, 9.17) is 14.6 Å². The molecule has 2 unspecified atom stereocenters. The van der Waals surface area contributed by atoms with Gasteiger partial charge in [-0.05, 0) is 12.8 Å². The summed E-state index contributed by atoms with van der Waals surface area (Å²) in [5.41, 5.74) is 0. The lowest BCUT2D eigenvalue weighted by Gasteiger charge is -2.21. The predicted molar refractivity (Wildman–Crippen MR) is 48.1 cm³/mol. The van der Waals surface area contributed by atoms with Crippen LogP contribution in [-0.2, 0) is 9.47 Å². The number of hydrogen-bond acceptors (Lipinski definition) is 3. The molecule has 0 aromatic carbocycles. The molecule has 1 N–H and O–H groups in total. The summed E-state index contributed by atoms with van der Waals surface area (Å²) in [6, 6.07) is 0. The van der Waals surface area contributed by atoms with Gasteiger partial charge >= 0.3 is 0 Å². The van der Waals surface area contributed by atoms with E-state index in [1.54, 1.807) is 7.11 Å². The fourth-order valence-electron chi connectivity index (χ4n) is 0.866. The standard InChI is InChI=1S/C9H20O3/c1-7(2)6-12-8(3)9(5-10)11-4/h7-10H,5-6H2,1-4H3. The van der Waals surface area contributed by atoms with Crippen LogP contribution in [0.3, 0.4) is 0 Å². The maximum Gasteiger partial charge on any atom is 0.106 e. The quantitative estimate of drug-likeness (QED) is 0.657. The highest BCUT2D eigenvalue weighted by molar-refractivity contribution is 4.64. The van der Waals surface area contributed by atoms with Gasteiger partial charge in [0.25, 0.3) is 0 Å². The first kappa shape index (κ1) is 11.9. The maximum absolute atomic E-state index is 8.86. The van der Waals surface area contributed by atoms with Crippen molar-refractivity contribution in [2.24, 2.45) is 5.92 Å². The third-order valence-corrected chi connectivity index (χ3v) is 1.70. The molecule has 0 amide bonds. The molecule has 0 aromatic heterocycles. The Morgan fingerprint density at radius 2 is 1.83 bits per heavy atom. The summed E-state index contributed by atoms with van der Waals surface area (Å²) in [4.78, 5) is 0. The van der Waals surface area contributed by atoms with E-state index in [2.05, 4.69) is 13.8 Å². The van der Waals surface area contributed by atoms with Gasteiger partial charge in [-0.2, -0.15) is 0 Å². The van der Waals surface area contributed by atoms with E-state index in [-0.39, 0.29) is 18.8 Å². The van der Waals surface area contributed by atoms with Crippen molar-refractivity contribution in [1.29, 1.82) is 0 Å². The van der Waals surface area contributed by atoms with Crippen LogP contribution in [-0.4, -0.2) is 37.6 Å². The minimum absolute atomic E-state index is 0.00968. The highest BCUT2D eigenvalue weighted by Crippen LogP contribution is 2.04. The van der Waals surface area contributed by atoms with E-state index in [1.165, 1.54) is 0 Å². The molecule has 0 saturated heterocycles. The molecule has 0 spiro atoms. The Bertz CT molecular complexity index is 99.9. The molecule has 0 rings (SSSR count). The van der Waals surface area contributed by atoms with Crippen LogP contribution >= 0.6 is 0 Å². The van der Waals surface area contributed by atoms with Gasteiger partial charge in [-0.15, -0.1) is 0 Å². The molecular formula is C9H20O3. The summed E-state index contributed by atoms with van der Waals surface area (Å²) in [6.45, 7) is 6.81. The summed E-state index contributed by atoms with van der Waals surface area (Å²) in [7, 11) is 1.58. The summed E-state index contributed by atoms with van der Waals surface area (Å²) in [5.74, 6) is 0.517. The molecule has 3 heteroatoms. The normalized spacial score (nSPS) is 16.5. The molecule has 0 heterocycles. The lowest BCUT2D eigenvalue weighted by atomic mass is 10.2. The fourth-order valence-corrected chi connectivity index (χ4v) is 0.866. The van der Waals surface area contributed by atoms with Gasteiger partial charge in [0.05, 0.1) is 12.7 Å². The molecule has 0 aliphatic heterocycles. The fraction of sp³-hybridized carbons (Fsp3) is 1.00. The smallest absolute Gasteiger partial charge is 0.106 e. The SMILES string of the molecule is COC(CO)C(C)OCC(C)C. The molecule has 12 heavy (non-hydrogen) atoms. The van der Waals surface area contributed by atoms with Crippen molar-refractivity contribution in [3.8, 4) is 0 Å². The van der Waals surface area contributed by atoms with Gasteiger partial charge in [0.2, 0.25) is 0 Å². The van der Waals surface area contributed by atoms with Gasteiger partial charge < -0.3 is 14.6 Å². The van der Waals surface area contributed by atoms with Crippen LogP contribution in [0.5, 0.6) is 0 Å². The van der Waals surface area contributed by atoms with Crippen molar-refractivity contribution >= 4 is 0 Å². The van der Waals surface area contributed by atoms with Crippen molar-refractivity contribution in [2.75, 3.05) is 20.3 Å². The van der Waals surface area contributed by atoms with E-state index in [0.29, 0.717) is 12.5 Å². The van der Waals surface area contributed by atoms with E-state index in [9.17, 15) is 0 Å². The van der Waals surface area contributed by atoms with Crippen molar-refractivity contribution in [3.63, 3.8) is 0 Å². The lowest BCUT2D eigenvalue weighted by Crippen LogP contribution is -2.32. The molecule has 0 aromatic rings. The molecule has 0 bridgehead atoms. The Kier molecular flexibility index (Phi) is 6.34. The minimum atomic E-state index is -0.205. The van der Waals surface area contributed by atoms with Crippen molar-refractivity contribution < 1.29 is 14.6 Å². The summed E-state index contributed by atoms with van der Waals surface area (Å²) in [6.07, 6.45) is -0.244. The first-order valence-electron chi connectivity index (χ1n) is 4.37. The Labute approximate surface area is 74.7 Å². The number of rotatable bonds is 6. The van der Waals surface area contributed by atoms with Crippen molar-refractivity contribution in [1.82, 2.24) is 0 Å². The summed E-state index contributed by atoms with van der Waals surface area (Å²) >= 11 is 0. The van der Waals surface area contributed by atoms with E-state index in [1.807, 2.05) is 6.92 Å². The minimum Gasteiger partial charge on any atom is -0.394 e. The van der Waals surface area contributed by atoms with Gasteiger partial charge in [-0.25, -0.2) is 0 Å². The molecule has 0 aliphatic carbocycles. The first-order valence-corrected chi connectivity index (χ1v) is 4.37. The van der Waals surface area contributed by atoms with E-state index >= 15 is 0 Å². The second kappa shape index (κ2) is 6.40. The number of ether oxygens (including phenoxy) is 2. The van der Waals surface area contributed by atoms with Gasteiger partial charge in [0.15, 0.2) is 0 Å². The molecule has 0 aliphatic rings. The number of aliphatic hydroxyl groups excluding tert-OH is 1. The molecule has 2 atom stereocenters. The lowest BCUT2D eigenvalue weighted by molar-refractivity contribution is -0.0736. The first-order chi connectivity index (χ1) is 5.61. The largest absolute Gasteiger partial charge is 0.394 e. The average Bonchev–Trinajstić information content (AvgIpc) is 2.03. The Hall–Kier alpha value is -0.120. The van der Waals surface area contributed by atoms with Gasteiger partial charge in [-0.3, -0.25) is 0 Å². The molecular weight excluding hydrogens is 156 g/mol. The zero-order valence-electron chi connectivity index (χ0n) is 8.41. The Balaban J connectivity index is 3.61. The molecule has 0 radical (unpaired) electrons. The van der Waals surface area contributed by atoms with Gasteiger partial charge in [-0.1, -0.05) is 13.8 Å². The van der Waals surface area contributed by atoms with E-state index < -0.39 is 0 Å². The third kappa shape index (κ3) is 4.70. The van der Waals surface area contributed by atoms with Gasteiger partial charge in [0, 0.05) is 13.7 Å². The van der Waals surface area contributed by atoms with Crippen LogP contribution in [0.25, 0.3) is 0 Å². The zero-order valence-corrected chi connectivity index (χ0v) is 8.41. The van der Waals surface area contributed by atoms with Crippen LogP contribution in [0.2, 0.25) is 0 Å². The number of aliphatic hydroxyl groups is 1. The van der Waals surface area contributed by atoms with Crippen LogP contribution in [0.1, 0.15) is 20.8 Å². The van der Waals surface area contributed by atoms with Crippen LogP contribution in [0.4, 0.5) is 0 Å². The molecule has 74 valence electrons. The molecule has 0 fully saturated rings. The summed E-state index contributed by atoms with van der Waals surface area (Å²) < 4.78 is 10.5. The second-order valence-corrected chi connectivity index (χ2v) is 3.39. The molecule has 0 saturated carbocycles. The predicted octanol–water partition coefficient (Wildman–Crippen LogP) is 1.05. The van der Waals surface area contributed by atoms with Crippen molar-refractivity contribution in [2.45, 2.75) is 33.0 Å². The monoisotopic (exact) mass is 176 g/mol. The average molecular weight is 176 g/mol. The molecule has 3 nitrogen and oxygen atoms in total. The third-order valence-electron chi connectivity index (χ3n) is 1.70. The highest BCUT2D eigenvalue weighted by atomic mass is 16.5. The highest BCUT2D eigenvalue weighted by Gasteiger charge is 2.15. The second-order valence-electron chi connectivity index (χ2n) is 3.39. The van der Waals surface area contributed by atoms with Gasteiger partial charge in [0.1, 0.15) is 6.10 Å². The number of hydrogen-bond donors (Lipinski definition) is 1. The van der Waals surface area contributed by atoms with Crippen LogP contribution < -0.4 is 0 Å². The Morgan fingerprint density at radius 3 is 2.17 bits per heavy atom. The maximum atomic E-state index is 8.86. The van der Waals surface area contributed by atoms with Crippen LogP contribution in [0.15, 0.2) is 0 Å².